The van der Waals surface area contributed by atoms with Gasteiger partial charge in [0.15, 0.2) is 0 Å². The molecule has 1 heteroatoms. The zero-order chi connectivity index (χ0) is 14.2. The highest BCUT2D eigenvalue weighted by Gasteiger charge is 1.96. The van der Waals surface area contributed by atoms with Gasteiger partial charge < -0.3 is 0 Å². The maximum Gasteiger partial charge on any atom is 0.0305 e. The maximum atomic E-state index is 3.77. The fourth-order valence-corrected chi connectivity index (χ4v) is 3.71. The molecule has 0 N–H and O–H groups in total. The van der Waals surface area contributed by atoms with Crippen LogP contribution in [0.2, 0.25) is 19.1 Å². The summed E-state index contributed by atoms with van der Waals surface area (Å²) in [5.74, 6) is 0. The van der Waals surface area contributed by atoms with E-state index in [9.17, 15) is 0 Å². The Kier molecular flexibility index (Phi) is 16.0. The lowest BCUT2D eigenvalue weighted by Gasteiger charge is -2.04. The summed E-state index contributed by atoms with van der Waals surface area (Å²) in [7, 11) is -0.265. The Morgan fingerprint density at radius 3 is 1.37 bits per heavy atom. The van der Waals surface area contributed by atoms with E-state index in [1.165, 1.54) is 83.5 Å². The van der Waals surface area contributed by atoms with Crippen LogP contribution in [0.5, 0.6) is 0 Å². The van der Waals surface area contributed by atoms with Crippen molar-refractivity contribution in [3.8, 4) is 0 Å². The Labute approximate surface area is 124 Å². The van der Waals surface area contributed by atoms with Gasteiger partial charge in [-0.3, -0.25) is 0 Å². The fraction of sp³-hybridized carbons (Fsp3) is 0.889. The first-order valence-corrected chi connectivity index (χ1v) is 12.0. The Morgan fingerprint density at radius 2 is 1.00 bits per heavy atom. The quantitative estimate of drug-likeness (QED) is 0.177. The van der Waals surface area contributed by atoms with E-state index in [1.54, 1.807) is 6.04 Å². The first-order chi connectivity index (χ1) is 9.27. The molecule has 0 radical (unpaired) electrons. The third-order valence-electron chi connectivity index (χ3n) is 3.94. The van der Waals surface area contributed by atoms with Crippen molar-refractivity contribution in [3.63, 3.8) is 0 Å². The topological polar surface area (TPSA) is 0 Å². The van der Waals surface area contributed by atoms with E-state index in [1.807, 2.05) is 6.08 Å². The Bertz CT molecular complexity index is 175. The summed E-state index contributed by atoms with van der Waals surface area (Å²) in [5.41, 5.74) is 0. The van der Waals surface area contributed by atoms with Crippen LogP contribution in [0.15, 0.2) is 12.7 Å². The van der Waals surface area contributed by atoms with Gasteiger partial charge >= 0.3 is 0 Å². The van der Waals surface area contributed by atoms with E-state index in [-0.39, 0.29) is 8.80 Å². The van der Waals surface area contributed by atoms with Crippen molar-refractivity contribution in [2.45, 2.75) is 103 Å². The van der Waals surface area contributed by atoms with Gasteiger partial charge in [0, 0.05) is 8.80 Å². The van der Waals surface area contributed by atoms with Gasteiger partial charge in [0.2, 0.25) is 0 Å². The predicted molar refractivity (Wildman–Crippen MR) is 93.9 cm³/mol. The third kappa shape index (κ3) is 18.0. The molecule has 0 aromatic heterocycles. The van der Waals surface area contributed by atoms with Crippen molar-refractivity contribution in [2.75, 3.05) is 0 Å². The minimum Gasteiger partial charge on any atom is -0.103 e. The summed E-state index contributed by atoms with van der Waals surface area (Å²) in [6, 6.07) is 1.56. The van der Waals surface area contributed by atoms with Crippen LogP contribution in [0, 0.1) is 0 Å². The minimum absolute atomic E-state index is 0.265. The van der Waals surface area contributed by atoms with E-state index in [4.69, 9.17) is 0 Å². The zero-order valence-electron chi connectivity index (χ0n) is 13.8. The molecular formula is C18H38Si. The second-order valence-electron chi connectivity index (χ2n) is 6.50. The second kappa shape index (κ2) is 16.0. The van der Waals surface area contributed by atoms with Crippen LogP contribution in [-0.4, -0.2) is 8.80 Å². The van der Waals surface area contributed by atoms with Crippen LogP contribution in [-0.2, 0) is 0 Å². The van der Waals surface area contributed by atoms with Gasteiger partial charge in [0.1, 0.15) is 0 Å². The molecule has 0 fully saturated rings. The highest BCUT2D eigenvalue weighted by molar-refractivity contribution is 6.55. The number of unbranched alkanes of at least 4 members (excludes halogenated alkanes) is 12. The van der Waals surface area contributed by atoms with Crippen LogP contribution in [0.4, 0.5) is 0 Å². The molecule has 0 aliphatic rings. The Morgan fingerprint density at radius 1 is 0.632 bits per heavy atom. The van der Waals surface area contributed by atoms with E-state index in [0.717, 1.165) is 0 Å². The molecule has 114 valence electrons. The molecule has 19 heavy (non-hydrogen) atoms. The summed E-state index contributed by atoms with van der Waals surface area (Å²) in [6.45, 7) is 8.70. The number of allylic oxidation sites excluding steroid dienone is 1. The van der Waals surface area contributed by atoms with E-state index in [2.05, 4.69) is 19.7 Å². The van der Waals surface area contributed by atoms with Gasteiger partial charge in [-0.1, -0.05) is 95.8 Å². The van der Waals surface area contributed by atoms with Gasteiger partial charge in [-0.05, 0) is 12.8 Å². The van der Waals surface area contributed by atoms with Crippen LogP contribution in [0.25, 0.3) is 0 Å². The molecule has 0 unspecified atom stereocenters. The molecule has 0 aromatic rings. The van der Waals surface area contributed by atoms with E-state index in [0.29, 0.717) is 0 Å². The molecule has 0 saturated carbocycles. The van der Waals surface area contributed by atoms with Gasteiger partial charge in [-0.15, -0.1) is 6.58 Å². The molecule has 0 atom stereocenters. The minimum atomic E-state index is -0.265. The number of hydrogen-bond donors (Lipinski definition) is 0. The van der Waals surface area contributed by atoms with Crippen molar-refractivity contribution >= 4 is 8.80 Å². The predicted octanol–water partition coefficient (Wildman–Crippen LogP) is 6.73. The summed E-state index contributed by atoms with van der Waals surface area (Å²) < 4.78 is 0. The SMILES string of the molecule is C=CCCCCCCCCCCCCCC[SiH](C)C. The van der Waals surface area contributed by atoms with Crippen molar-refractivity contribution in [3.05, 3.63) is 12.7 Å². The smallest absolute Gasteiger partial charge is 0.0305 e. The highest BCUT2D eigenvalue weighted by atomic mass is 28.3. The van der Waals surface area contributed by atoms with Crippen molar-refractivity contribution in [2.24, 2.45) is 0 Å². The maximum absolute atomic E-state index is 3.77. The molecule has 0 heterocycles. The molecule has 0 aromatic carbocycles. The van der Waals surface area contributed by atoms with Crippen LogP contribution < -0.4 is 0 Å². The molecule has 0 saturated heterocycles. The van der Waals surface area contributed by atoms with E-state index >= 15 is 0 Å². The van der Waals surface area contributed by atoms with Crippen molar-refractivity contribution in [1.82, 2.24) is 0 Å². The largest absolute Gasteiger partial charge is 0.103 e. The molecule has 0 bridgehead atoms. The summed E-state index contributed by atoms with van der Waals surface area (Å²) in [4.78, 5) is 0. The van der Waals surface area contributed by atoms with Crippen LogP contribution in [0.3, 0.4) is 0 Å². The average molecular weight is 283 g/mol. The Hall–Kier alpha value is -0.0431. The first-order valence-electron chi connectivity index (χ1n) is 8.88. The monoisotopic (exact) mass is 282 g/mol. The molecule has 0 amide bonds. The molecule has 0 aliphatic heterocycles. The van der Waals surface area contributed by atoms with Crippen LogP contribution >= 0.6 is 0 Å². The lowest BCUT2D eigenvalue weighted by molar-refractivity contribution is 0.544. The van der Waals surface area contributed by atoms with Crippen molar-refractivity contribution < 1.29 is 0 Å². The lowest BCUT2D eigenvalue weighted by atomic mass is 10.0. The van der Waals surface area contributed by atoms with Gasteiger partial charge in [0.05, 0.1) is 0 Å². The molecular weight excluding hydrogens is 244 g/mol. The van der Waals surface area contributed by atoms with Crippen LogP contribution in [0.1, 0.15) is 83.5 Å². The number of rotatable bonds is 15. The van der Waals surface area contributed by atoms with Crippen molar-refractivity contribution in [1.29, 1.82) is 0 Å². The summed E-state index contributed by atoms with van der Waals surface area (Å²) in [5, 5.41) is 0. The highest BCUT2D eigenvalue weighted by Crippen LogP contribution is 2.13. The second-order valence-corrected chi connectivity index (χ2v) is 9.87. The zero-order valence-corrected chi connectivity index (χ0v) is 14.9. The average Bonchev–Trinajstić information content (AvgIpc) is 2.39. The third-order valence-corrected chi connectivity index (χ3v) is 5.50. The Balaban J connectivity index is 2.93. The van der Waals surface area contributed by atoms with Gasteiger partial charge in [0.25, 0.3) is 0 Å². The van der Waals surface area contributed by atoms with E-state index < -0.39 is 0 Å². The molecule has 0 nitrogen and oxygen atoms in total. The molecule has 0 rings (SSSR count). The molecule has 0 aliphatic carbocycles. The fourth-order valence-electron chi connectivity index (χ4n) is 2.61. The normalized spacial score (nSPS) is 11.1. The lowest BCUT2D eigenvalue weighted by Crippen LogP contribution is -1.97. The number of hydrogen-bond acceptors (Lipinski definition) is 0. The standard InChI is InChI=1S/C18H38Si/c1-4-5-6-7-8-9-10-11-12-13-14-15-16-17-18-19(2)3/h4,19H,1,5-18H2,2-3H3. The summed E-state index contributed by atoms with van der Waals surface area (Å²) in [6.07, 6.45) is 20.8. The molecule has 0 spiro atoms. The van der Waals surface area contributed by atoms with Gasteiger partial charge in [-0.2, -0.15) is 0 Å². The summed E-state index contributed by atoms with van der Waals surface area (Å²) >= 11 is 0. The first kappa shape index (κ1) is 19.0. The van der Waals surface area contributed by atoms with Gasteiger partial charge in [-0.25, -0.2) is 0 Å².